The summed E-state index contributed by atoms with van der Waals surface area (Å²) in [5.41, 5.74) is -0.546. The number of hydrogen-bond acceptors (Lipinski definition) is 3. The summed E-state index contributed by atoms with van der Waals surface area (Å²) in [7, 11) is 0. The summed E-state index contributed by atoms with van der Waals surface area (Å²) in [5, 5.41) is 10.0. The van der Waals surface area contributed by atoms with E-state index in [1.165, 1.54) is 0 Å². The van der Waals surface area contributed by atoms with E-state index < -0.39 is 5.60 Å². The second-order valence-electron chi connectivity index (χ2n) is 5.19. The normalized spacial score (nSPS) is 58.2. The second kappa shape index (κ2) is 1.92. The molecule has 0 amide bonds. The zero-order chi connectivity index (χ0) is 9.27. The van der Waals surface area contributed by atoms with Gasteiger partial charge >= 0.3 is 5.97 Å². The average molecular weight is 182 g/mol. The van der Waals surface area contributed by atoms with Gasteiger partial charge in [-0.1, -0.05) is 0 Å². The van der Waals surface area contributed by atoms with E-state index in [9.17, 15) is 9.90 Å². The van der Waals surface area contributed by atoms with Gasteiger partial charge in [-0.25, -0.2) is 0 Å². The fourth-order valence-electron chi connectivity index (χ4n) is 3.65. The zero-order valence-electron chi connectivity index (χ0n) is 7.75. The molecule has 2 aliphatic carbocycles. The van der Waals surface area contributed by atoms with Crippen LogP contribution in [0.2, 0.25) is 0 Å². The molecule has 2 bridgehead atoms. The highest BCUT2D eigenvalue weighted by Gasteiger charge is 2.66. The molecule has 1 saturated heterocycles. The summed E-state index contributed by atoms with van der Waals surface area (Å²) in [4.78, 5) is 11.3. The van der Waals surface area contributed by atoms with Crippen LogP contribution in [0.1, 0.15) is 26.2 Å². The highest BCUT2D eigenvalue weighted by Crippen LogP contribution is 2.64. The Morgan fingerprint density at radius 2 is 2.38 bits per heavy atom. The molecular weight excluding hydrogens is 168 g/mol. The molecule has 0 aromatic carbocycles. The molecule has 1 aliphatic heterocycles. The molecule has 3 fully saturated rings. The summed E-state index contributed by atoms with van der Waals surface area (Å²) < 4.78 is 5.08. The smallest absolute Gasteiger partial charge is 0.309 e. The number of carbonyl (C=O) groups is 1. The summed E-state index contributed by atoms with van der Waals surface area (Å²) in [5.74, 6) is 0.390. The van der Waals surface area contributed by atoms with Crippen LogP contribution in [-0.4, -0.2) is 23.3 Å². The molecule has 1 spiro atoms. The van der Waals surface area contributed by atoms with Crippen LogP contribution in [0.4, 0.5) is 0 Å². The van der Waals surface area contributed by atoms with E-state index in [1.54, 1.807) is 0 Å². The van der Waals surface area contributed by atoms with Gasteiger partial charge in [0, 0.05) is 5.41 Å². The number of carbonyl (C=O) groups excluding carboxylic acids is 1. The molecular formula is C10H14O3. The number of aliphatic hydroxyl groups is 1. The van der Waals surface area contributed by atoms with Crippen molar-refractivity contribution in [3.63, 3.8) is 0 Å². The maximum absolute atomic E-state index is 11.3. The molecule has 13 heavy (non-hydrogen) atoms. The largest absolute Gasteiger partial charge is 0.465 e. The van der Waals surface area contributed by atoms with Gasteiger partial charge in [0.15, 0.2) is 0 Å². The minimum absolute atomic E-state index is 0.00521. The van der Waals surface area contributed by atoms with Gasteiger partial charge in [0.1, 0.15) is 0 Å². The van der Waals surface area contributed by atoms with Gasteiger partial charge in [-0.2, -0.15) is 0 Å². The van der Waals surface area contributed by atoms with Crippen molar-refractivity contribution < 1.29 is 14.6 Å². The van der Waals surface area contributed by atoms with Crippen LogP contribution in [0.5, 0.6) is 0 Å². The van der Waals surface area contributed by atoms with Gasteiger partial charge in [0.05, 0.1) is 18.1 Å². The van der Waals surface area contributed by atoms with E-state index in [2.05, 4.69) is 0 Å². The minimum atomic E-state index is -0.551. The van der Waals surface area contributed by atoms with E-state index >= 15 is 0 Å². The van der Waals surface area contributed by atoms with Crippen LogP contribution in [0, 0.1) is 17.3 Å². The van der Waals surface area contributed by atoms with E-state index in [4.69, 9.17) is 4.74 Å². The lowest BCUT2D eigenvalue weighted by molar-refractivity contribution is -0.142. The third kappa shape index (κ3) is 0.766. The molecule has 0 aromatic heterocycles. The summed E-state index contributed by atoms with van der Waals surface area (Å²) in [6.45, 7) is 2.44. The maximum atomic E-state index is 11.3. The van der Waals surface area contributed by atoms with E-state index in [-0.39, 0.29) is 17.3 Å². The second-order valence-corrected chi connectivity index (χ2v) is 5.19. The Labute approximate surface area is 77.1 Å². The molecule has 4 unspecified atom stereocenters. The van der Waals surface area contributed by atoms with Crippen molar-refractivity contribution in [1.82, 2.24) is 0 Å². The van der Waals surface area contributed by atoms with E-state index in [0.717, 1.165) is 19.3 Å². The van der Waals surface area contributed by atoms with Crippen molar-refractivity contribution in [3.05, 3.63) is 0 Å². The third-order valence-corrected chi connectivity index (χ3v) is 4.29. The van der Waals surface area contributed by atoms with Crippen LogP contribution in [-0.2, 0) is 9.53 Å². The molecule has 1 heterocycles. The highest BCUT2D eigenvalue weighted by atomic mass is 16.5. The Morgan fingerprint density at radius 3 is 3.08 bits per heavy atom. The Balaban J connectivity index is 2.00. The quantitative estimate of drug-likeness (QED) is 0.561. The molecule has 3 rings (SSSR count). The van der Waals surface area contributed by atoms with Crippen molar-refractivity contribution in [2.45, 2.75) is 31.8 Å². The molecule has 3 aliphatic rings. The number of fused-ring (bicyclic) bond motifs is 1. The number of ether oxygens (including phenoxy) is 1. The molecule has 0 radical (unpaired) electrons. The Hall–Kier alpha value is -0.570. The van der Waals surface area contributed by atoms with Crippen molar-refractivity contribution >= 4 is 5.97 Å². The first-order valence-corrected chi connectivity index (χ1v) is 4.93. The van der Waals surface area contributed by atoms with Crippen molar-refractivity contribution in [3.8, 4) is 0 Å². The van der Waals surface area contributed by atoms with Gasteiger partial charge in [-0.3, -0.25) is 4.79 Å². The molecule has 1 N–H and O–H groups in total. The predicted molar refractivity (Wildman–Crippen MR) is 44.8 cm³/mol. The fraction of sp³-hybridized carbons (Fsp3) is 0.900. The molecule has 2 saturated carbocycles. The zero-order valence-corrected chi connectivity index (χ0v) is 7.75. The topological polar surface area (TPSA) is 46.5 Å². The predicted octanol–water partition coefficient (Wildman–Crippen LogP) is 0.710. The first kappa shape index (κ1) is 7.80. The van der Waals surface area contributed by atoms with Crippen LogP contribution < -0.4 is 0 Å². The van der Waals surface area contributed by atoms with E-state index in [0.29, 0.717) is 12.5 Å². The molecule has 72 valence electrons. The molecule has 3 nitrogen and oxygen atoms in total. The number of rotatable bonds is 0. The average Bonchev–Trinajstić information content (AvgIpc) is 2.57. The number of cyclic esters (lactones) is 1. The third-order valence-electron chi connectivity index (χ3n) is 4.29. The van der Waals surface area contributed by atoms with Gasteiger partial charge < -0.3 is 9.84 Å². The molecule has 3 heteroatoms. The number of esters is 1. The lowest BCUT2D eigenvalue weighted by atomic mass is 9.73. The first-order chi connectivity index (χ1) is 6.04. The monoisotopic (exact) mass is 182 g/mol. The standard InChI is InChI=1S/C10H14O3/c1-9(12)4-10-3-6(9)2-7(10)8(11)13-5-10/h6-7,12H,2-5H2,1H3. The van der Waals surface area contributed by atoms with Crippen LogP contribution in [0.15, 0.2) is 0 Å². The minimum Gasteiger partial charge on any atom is -0.465 e. The van der Waals surface area contributed by atoms with Crippen LogP contribution in [0.3, 0.4) is 0 Å². The SMILES string of the molecule is CC1(O)CC23COC(=O)C2CC1C3. The van der Waals surface area contributed by atoms with Crippen molar-refractivity contribution in [2.24, 2.45) is 17.3 Å². The van der Waals surface area contributed by atoms with Crippen LogP contribution in [0.25, 0.3) is 0 Å². The van der Waals surface area contributed by atoms with E-state index in [1.807, 2.05) is 6.92 Å². The highest BCUT2D eigenvalue weighted by molar-refractivity contribution is 5.76. The lowest BCUT2D eigenvalue weighted by Gasteiger charge is -2.33. The van der Waals surface area contributed by atoms with Crippen molar-refractivity contribution in [2.75, 3.05) is 6.61 Å². The maximum Gasteiger partial charge on any atom is 0.309 e. The molecule has 0 aromatic rings. The van der Waals surface area contributed by atoms with Gasteiger partial charge in [-0.05, 0) is 32.1 Å². The van der Waals surface area contributed by atoms with Crippen molar-refractivity contribution in [1.29, 1.82) is 0 Å². The fourth-order valence-corrected chi connectivity index (χ4v) is 3.65. The molecule has 4 atom stereocenters. The Morgan fingerprint density at radius 1 is 1.62 bits per heavy atom. The first-order valence-electron chi connectivity index (χ1n) is 4.93. The Bertz CT molecular complexity index is 284. The Kier molecular flexibility index (Phi) is 1.15. The summed E-state index contributed by atoms with van der Waals surface area (Å²) in [6.07, 6.45) is 2.57. The van der Waals surface area contributed by atoms with Gasteiger partial charge in [0.25, 0.3) is 0 Å². The van der Waals surface area contributed by atoms with Gasteiger partial charge in [0.2, 0.25) is 0 Å². The number of hydrogen-bond donors (Lipinski definition) is 1. The van der Waals surface area contributed by atoms with Crippen LogP contribution >= 0.6 is 0 Å². The summed E-state index contributed by atoms with van der Waals surface area (Å²) in [6, 6.07) is 0. The van der Waals surface area contributed by atoms with Gasteiger partial charge in [-0.15, -0.1) is 0 Å². The summed E-state index contributed by atoms with van der Waals surface area (Å²) >= 11 is 0. The lowest BCUT2D eigenvalue weighted by Crippen LogP contribution is -2.38.